The van der Waals surface area contributed by atoms with E-state index in [1.165, 1.54) is 4.80 Å². The van der Waals surface area contributed by atoms with Crippen molar-refractivity contribution in [2.45, 2.75) is 44.4 Å². The molecule has 3 unspecified atom stereocenters. The molecule has 10 heteroatoms. The number of aromatic nitrogens is 4. The third-order valence-electron chi connectivity index (χ3n) is 6.42. The van der Waals surface area contributed by atoms with Crippen molar-refractivity contribution in [1.82, 2.24) is 24.9 Å². The van der Waals surface area contributed by atoms with Crippen LogP contribution in [0.5, 0.6) is 5.88 Å². The van der Waals surface area contributed by atoms with Crippen molar-refractivity contribution in [3.63, 3.8) is 0 Å². The molecule has 2 aliphatic heterocycles. The number of amides is 1. The van der Waals surface area contributed by atoms with Crippen molar-refractivity contribution in [2.24, 2.45) is 5.92 Å². The van der Waals surface area contributed by atoms with Crippen LogP contribution in [0.2, 0.25) is 0 Å². The molecule has 7 nitrogen and oxygen atoms in total. The molecule has 33 heavy (non-hydrogen) atoms. The second-order valence-electron chi connectivity index (χ2n) is 8.54. The average Bonchev–Trinajstić information content (AvgIpc) is 3.53. The zero-order valence-electron chi connectivity index (χ0n) is 17.9. The number of ether oxygens (including phenoxy) is 1. The molecule has 2 saturated heterocycles. The van der Waals surface area contributed by atoms with Gasteiger partial charge in [0.2, 0.25) is 5.88 Å². The Balaban J connectivity index is 1.33. The molecule has 1 aromatic carbocycles. The molecule has 2 fully saturated rings. The molecule has 2 aromatic heterocycles. The lowest BCUT2D eigenvalue weighted by Gasteiger charge is -2.25. The van der Waals surface area contributed by atoms with E-state index in [9.17, 15) is 18.0 Å². The van der Waals surface area contributed by atoms with Crippen LogP contribution >= 0.6 is 0 Å². The average molecular weight is 457 g/mol. The number of aryl methyl sites for hydroxylation is 1. The van der Waals surface area contributed by atoms with Gasteiger partial charge in [-0.15, -0.1) is 0 Å². The van der Waals surface area contributed by atoms with Crippen molar-refractivity contribution < 1.29 is 22.7 Å². The first kappa shape index (κ1) is 21.4. The first-order valence-electron chi connectivity index (χ1n) is 10.8. The van der Waals surface area contributed by atoms with Crippen molar-refractivity contribution in [1.29, 1.82) is 0 Å². The van der Waals surface area contributed by atoms with E-state index in [-0.39, 0.29) is 36.4 Å². The number of halogens is 3. The standard InChI is InChI=1S/C23H22F3N5O2/c1-14-2-4-20(31-28-8-9-29-31)18(10-14)22(32)30-17-3-5-19(30)15(11-17)13-33-21-12-16(6-7-27-21)23(24,25)26/h2,4,6-10,12,15,17,19H,3,5,11,13H2,1H3. The van der Waals surface area contributed by atoms with Gasteiger partial charge >= 0.3 is 6.18 Å². The van der Waals surface area contributed by atoms with E-state index < -0.39 is 11.7 Å². The molecule has 1 amide bonds. The van der Waals surface area contributed by atoms with Crippen molar-refractivity contribution in [3.05, 3.63) is 65.6 Å². The van der Waals surface area contributed by atoms with E-state index in [0.29, 0.717) is 11.3 Å². The summed E-state index contributed by atoms with van der Waals surface area (Å²) in [5.74, 6) is -0.116. The monoisotopic (exact) mass is 457 g/mol. The maximum Gasteiger partial charge on any atom is 0.416 e. The molecule has 3 aromatic rings. The normalized spacial score (nSPS) is 22.1. The number of hydrogen-bond donors (Lipinski definition) is 0. The van der Waals surface area contributed by atoms with Crippen LogP contribution in [0.15, 0.2) is 48.9 Å². The topological polar surface area (TPSA) is 73.1 Å². The molecule has 2 aliphatic rings. The molecule has 3 atom stereocenters. The van der Waals surface area contributed by atoms with Gasteiger partial charge in [-0.3, -0.25) is 4.79 Å². The Hall–Kier alpha value is -3.43. The predicted molar refractivity (Wildman–Crippen MR) is 112 cm³/mol. The Bertz CT molecular complexity index is 1170. The Morgan fingerprint density at radius 2 is 1.91 bits per heavy atom. The largest absolute Gasteiger partial charge is 0.477 e. The van der Waals surface area contributed by atoms with Crippen LogP contribution in [-0.2, 0) is 6.18 Å². The van der Waals surface area contributed by atoms with E-state index in [4.69, 9.17) is 4.74 Å². The first-order chi connectivity index (χ1) is 15.8. The highest BCUT2D eigenvalue weighted by Gasteiger charge is 2.49. The first-order valence-corrected chi connectivity index (χ1v) is 10.8. The molecule has 4 heterocycles. The predicted octanol–water partition coefficient (Wildman–Crippen LogP) is 4.06. The summed E-state index contributed by atoms with van der Waals surface area (Å²) in [7, 11) is 0. The number of nitrogens with zero attached hydrogens (tertiary/aromatic N) is 5. The van der Waals surface area contributed by atoms with Gasteiger partial charge in [0.25, 0.3) is 5.91 Å². The van der Waals surface area contributed by atoms with Crippen molar-refractivity contribution in [3.8, 4) is 11.6 Å². The maximum absolute atomic E-state index is 13.6. The van der Waals surface area contributed by atoms with Gasteiger partial charge in [-0.2, -0.15) is 28.2 Å². The lowest BCUT2D eigenvalue weighted by atomic mass is 9.90. The van der Waals surface area contributed by atoms with Gasteiger partial charge in [-0.25, -0.2) is 4.98 Å². The van der Waals surface area contributed by atoms with E-state index in [2.05, 4.69) is 15.2 Å². The van der Waals surface area contributed by atoms with Crippen LogP contribution in [0.25, 0.3) is 5.69 Å². The molecule has 5 rings (SSSR count). The Kier molecular flexibility index (Phi) is 5.30. The fraction of sp³-hybridized carbons (Fsp3) is 0.391. The van der Waals surface area contributed by atoms with Gasteiger partial charge in [-0.1, -0.05) is 11.6 Å². The molecular formula is C23H22F3N5O2. The van der Waals surface area contributed by atoms with Crippen LogP contribution in [-0.4, -0.2) is 49.5 Å². The summed E-state index contributed by atoms with van der Waals surface area (Å²) in [4.78, 5) is 20.9. The van der Waals surface area contributed by atoms with Gasteiger partial charge in [0.05, 0.1) is 35.8 Å². The van der Waals surface area contributed by atoms with Gasteiger partial charge in [0.15, 0.2) is 0 Å². The molecular weight excluding hydrogens is 435 g/mol. The zero-order valence-corrected chi connectivity index (χ0v) is 17.9. The highest BCUT2D eigenvalue weighted by atomic mass is 19.4. The number of rotatable bonds is 5. The van der Waals surface area contributed by atoms with Gasteiger partial charge in [-0.05, 0) is 44.4 Å². The number of hydrogen-bond acceptors (Lipinski definition) is 5. The summed E-state index contributed by atoms with van der Waals surface area (Å²) in [6.45, 7) is 2.13. The molecule has 0 spiro atoms. The highest BCUT2D eigenvalue weighted by Crippen LogP contribution is 2.43. The van der Waals surface area contributed by atoms with E-state index in [1.54, 1.807) is 12.4 Å². The van der Waals surface area contributed by atoms with Crippen LogP contribution in [0, 0.1) is 12.8 Å². The lowest BCUT2D eigenvalue weighted by Crippen LogP contribution is -2.38. The molecule has 0 radical (unpaired) electrons. The summed E-state index contributed by atoms with van der Waals surface area (Å²) in [5, 5.41) is 8.34. The Morgan fingerprint density at radius 3 is 2.67 bits per heavy atom. The summed E-state index contributed by atoms with van der Waals surface area (Å²) >= 11 is 0. The van der Waals surface area contributed by atoms with Crippen LogP contribution in [0.1, 0.15) is 40.7 Å². The van der Waals surface area contributed by atoms with Gasteiger partial charge in [0.1, 0.15) is 0 Å². The SMILES string of the molecule is Cc1ccc(-n2nccn2)c(C(=O)N2C3CCC2C(COc2cc(C(F)(F)F)ccn2)C3)c1. The quantitative estimate of drug-likeness (QED) is 0.578. The minimum atomic E-state index is -4.45. The lowest BCUT2D eigenvalue weighted by molar-refractivity contribution is -0.137. The van der Waals surface area contributed by atoms with Gasteiger partial charge < -0.3 is 9.64 Å². The summed E-state index contributed by atoms with van der Waals surface area (Å²) in [5.41, 5.74) is 1.31. The molecule has 0 N–H and O–H groups in total. The van der Waals surface area contributed by atoms with Crippen LogP contribution in [0.4, 0.5) is 13.2 Å². The van der Waals surface area contributed by atoms with Crippen molar-refractivity contribution >= 4 is 5.91 Å². The molecule has 0 saturated carbocycles. The Labute approximate surface area is 188 Å². The third kappa shape index (κ3) is 4.05. The molecule has 2 bridgehead atoms. The number of carbonyl (C=O) groups is 1. The summed E-state index contributed by atoms with van der Waals surface area (Å²) in [6, 6.07) is 7.45. The van der Waals surface area contributed by atoms with Gasteiger partial charge in [0, 0.05) is 30.3 Å². The number of alkyl halides is 3. The third-order valence-corrected chi connectivity index (χ3v) is 6.42. The number of pyridine rings is 1. The summed E-state index contributed by atoms with van der Waals surface area (Å²) in [6.07, 6.45) is 2.24. The number of carbonyl (C=O) groups excluding carboxylic acids is 1. The Morgan fingerprint density at radius 1 is 1.12 bits per heavy atom. The summed E-state index contributed by atoms with van der Waals surface area (Å²) < 4.78 is 44.5. The number of fused-ring (bicyclic) bond motifs is 2. The second kappa shape index (κ2) is 8.17. The number of benzene rings is 1. The smallest absolute Gasteiger partial charge is 0.416 e. The highest BCUT2D eigenvalue weighted by molar-refractivity contribution is 5.98. The fourth-order valence-corrected chi connectivity index (χ4v) is 4.94. The van der Waals surface area contributed by atoms with E-state index >= 15 is 0 Å². The van der Waals surface area contributed by atoms with Crippen molar-refractivity contribution in [2.75, 3.05) is 6.61 Å². The van der Waals surface area contributed by atoms with Crippen LogP contribution < -0.4 is 4.74 Å². The zero-order chi connectivity index (χ0) is 23.2. The minimum Gasteiger partial charge on any atom is -0.477 e. The molecule has 0 aliphatic carbocycles. The van der Waals surface area contributed by atoms with E-state index in [1.807, 2.05) is 30.0 Å². The van der Waals surface area contributed by atoms with E-state index in [0.717, 1.165) is 43.2 Å². The minimum absolute atomic E-state index is 0.0279. The van der Waals surface area contributed by atoms with Crippen LogP contribution in [0.3, 0.4) is 0 Å². The molecule has 172 valence electrons. The fourth-order valence-electron chi connectivity index (χ4n) is 4.94. The second-order valence-corrected chi connectivity index (χ2v) is 8.54. The maximum atomic E-state index is 13.6.